The van der Waals surface area contributed by atoms with E-state index in [9.17, 15) is 13.6 Å². The second-order valence-electron chi connectivity index (χ2n) is 5.57. The van der Waals surface area contributed by atoms with Crippen LogP contribution in [0.3, 0.4) is 0 Å². The molecule has 0 saturated heterocycles. The van der Waals surface area contributed by atoms with Crippen molar-refractivity contribution in [2.45, 2.75) is 20.3 Å². The molecule has 0 radical (unpaired) electrons. The van der Waals surface area contributed by atoms with E-state index in [0.717, 1.165) is 17.3 Å². The van der Waals surface area contributed by atoms with Gasteiger partial charge in [0.2, 0.25) is 0 Å². The van der Waals surface area contributed by atoms with Gasteiger partial charge in [-0.15, -0.1) is 0 Å². The minimum Gasteiger partial charge on any atom is -0.310 e. The number of nitrogens with one attached hydrogen (secondary N) is 1. The van der Waals surface area contributed by atoms with Crippen LogP contribution in [0.5, 0.6) is 0 Å². The molecule has 1 aromatic heterocycles. The molecule has 6 heteroatoms. The topological polar surface area (TPSA) is 54.4 Å². The van der Waals surface area contributed by atoms with Crippen LogP contribution in [-0.4, -0.2) is 16.7 Å². The number of carbonyl (C=O) groups is 1. The lowest BCUT2D eigenvalue weighted by Crippen LogP contribution is -2.30. The summed E-state index contributed by atoms with van der Waals surface area (Å²) < 4.78 is 28.1. The Bertz CT molecular complexity index is 888. The molecule has 122 valence electrons. The third-order valence-corrected chi connectivity index (χ3v) is 3.78. The van der Waals surface area contributed by atoms with Crippen molar-refractivity contribution in [3.63, 3.8) is 0 Å². The van der Waals surface area contributed by atoms with Crippen LogP contribution in [-0.2, 0) is 0 Å². The molecule has 0 fully saturated rings. The molecule has 2 aromatic rings. The maximum absolute atomic E-state index is 14.1. The van der Waals surface area contributed by atoms with Crippen molar-refractivity contribution in [1.29, 1.82) is 0 Å². The number of rotatable bonds is 2. The lowest BCUT2D eigenvalue weighted by atomic mass is 10.00. The Balaban J connectivity index is 1.97. The van der Waals surface area contributed by atoms with Crippen molar-refractivity contribution in [2.75, 3.05) is 0 Å². The van der Waals surface area contributed by atoms with Gasteiger partial charge in [0.25, 0.3) is 5.91 Å². The number of hydrogen-bond acceptors (Lipinski definition) is 3. The smallest absolute Gasteiger partial charge is 0.259 e. The van der Waals surface area contributed by atoms with E-state index in [4.69, 9.17) is 0 Å². The highest BCUT2D eigenvalue weighted by Crippen LogP contribution is 2.26. The Morgan fingerprint density at radius 1 is 1.25 bits per heavy atom. The Labute approximate surface area is 138 Å². The zero-order valence-electron chi connectivity index (χ0n) is 13.2. The molecule has 24 heavy (non-hydrogen) atoms. The Morgan fingerprint density at radius 2 is 2.04 bits per heavy atom. The van der Waals surface area contributed by atoms with Crippen LogP contribution in [0.15, 0.2) is 47.4 Å². The minimum absolute atomic E-state index is 0.361. The Morgan fingerprint density at radius 3 is 2.71 bits per heavy atom. The summed E-state index contributed by atoms with van der Waals surface area (Å²) >= 11 is 0. The SMILES string of the molecule is CC1=CCC(NC(=O)c2cc(-c3cnccc3C)cc(F)c2F)=N1. The van der Waals surface area contributed by atoms with Crippen molar-refractivity contribution >= 4 is 11.7 Å². The third kappa shape index (κ3) is 3.08. The van der Waals surface area contributed by atoms with E-state index >= 15 is 0 Å². The summed E-state index contributed by atoms with van der Waals surface area (Å²) in [6, 6.07) is 4.15. The van der Waals surface area contributed by atoms with Crippen molar-refractivity contribution < 1.29 is 13.6 Å². The molecular weight excluding hydrogens is 312 g/mol. The van der Waals surface area contributed by atoms with Crippen LogP contribution in [0.4, 0.5) is 8.78 Å². The van der Waals surface area contributed by atoms with Crippen molar-refractivity contribution in [2.24, 2.45) is 4.99 Å². The lowest BCUT2D eigenvalue weighted by molar-refractivity contribution is 0.0971. The highest BCUT2D eigenvalue weighted by Gasteiger charge is 2.20. The first kappa shape index (κ1) is 16.0. The molecule has 0 spiro atoms. The van der Waals surface area contributed by atoms with Crippen LogP contribution >= 0.6 is 0 Å². The van der Waals surface area contributed by atoms with E-state index < -0.39 is 17.5 Å². The number of amides is 1. The molecular formula is C18H15F2N3O. The maximum atomic E-state index is 14.1. The second-order valence-corrected chi connectivity index (χ2v) is 5.57. The third-order valence-electron chi connectivity index (χ3n) is 3.78. The normalized spacial score (nSPS) is 13.5. The fourth-order valence-electron chi connectivity index (χ4n) is 2.50. The lowest BCUT2D eigenvalue weighted by Gasteiger charge is -2.10. The number of aliphatic imine (C=N–C) groups is 1. The van der Waals surface area contributed by atoms with E-state index in [1.807, 2.05) is 13.0 Å². The quantitative estimate of drug-likeness (QED) is 0.913. The Hall–Kier alpha value is -2.89. The number of aryl methyl sites for hydroxylation is 1. The van der Waals surface area contributed by atoms with E-state index in [1.54, 1.807) is 25.4 Å². The number of pyridine rings is 1. The molecule has 4 nitrogen and oxygen atoms in total. The number of amidine groups is 1. The molecule has 1 aromatic carbocycles. The molecule has 0 saturated carbocycles. The Kier molecular flexibility index (Phi) is 4.20. The van der Waals surface area contributed by atoms with Gasteiger partial charge < -0.3 is 5.32 Å². The average molecular weight is 327 g/mol. The monoisotopic (exact) mass is 327 g/mol. The van der Waals surface area contributed by atoms with Gasteiger partial charge in [-0.2, -0.15) is 0 Å². The number of benzene rings is 1. The second kappa shape index (κ2) is 6.31. The number of aromatic nitrogens is 1. The van der Waals surface area contributed by atoms with Crippen LogP contribution in [0.1, 0.15) is 29.3 Å². The molecule has 0 bridgehead atoms. The number of hydrogen-bond donors (Lipinski definition) is 1. The van der Waals surface area contributed by atoms with Crippen LogP contribution in [0.25, 0.3) is 11.1 Å². The molecule has 2 heterocycles. The van der Waals surface area contributed by atoms with Gasteiger partial charge in [0.15, 0.2) is 11.6 Å². The van der Waals surface area contributed by atoms with Crippen molar-refractivity contribution in [1.82, 2.24) is 10.3 Å². The standard InChI is InChI=1S/C18H15F2N3O/c1-10-5-6-21-9-14(10)12-7-13(17(20)15(19)8-12)18(24)23-16-4-3-11(2)22-16/h3,5-9H,4H2,1-2H3,(H,22,23,24). The molecule has 1 aliphatic rings. The average Bonchev–Trinajstić information content (AvgIpc) is 2.95. The first-order valence-corrected chi connectivity index (χ1v) is 7.41. The van der Waals surface area contributed by atoms with E-state index in [-0.39, 0.29) is 5.56 Å². The number of nitrogens with zero attached hydrogens (tertiary/aromatic N) is 2. The largest absolute Gasteiger partial charge is 0.310 e. The van der Waals surface area contributed by atoms with Gasteiger partial charge >= 0.3 is 0 Å². The van der Waals surface area contributed by atoms with Crippen molar-refractivity contribution in [3.8, 4) is 11.1 Å². The molecule has 1 aliphatic heterocycles. The van der Waals surface area contributed by atoms with E-state index in [1.165, 1.54) is 6.07 Å². The van der Waals surface area contributed by atoms with Crippen LogP contribution in [0.2, 0.25) is 0 Å². The van der Waals surface area contributed by atoms with Crippen LogP contribution in [0, 0.1) is 18.6 Å². The summed E-state index contributed by atoms with van der Waals surface area (Å²) in [7, 11) is 0. The summed E-state index contributed by atoms with van der Waals surface area (Å²) in [4.78, 5) is 20.4. The fraction of sp³-hybridized carbons (Fsp3) is 0.167. The summed E-state index contributed by atoms with van der Waals surface area (Å²) in [5.41, 5.74) is 2.30. The predicted octanol–water partition coefficient (Wildman–Crippen LogP) is 3.77. The summed E-state index contributed by atoms with van der Waals surface area (Å²) in [6.45, 7) is 3.63. The highest BCUT2D eigenvalue weighted by molar-refractivity contribution is 6.08. The molecule has 0 aliphatic carbocycles. The summed E-state index contributed by atoms with van der Waals surface area (Å²) in [5.74, 6) is -2.57. The van der Waals surface area contributed by atoms with Gasteiger partial charge in [0, 0.05) is 30.1 Å². The van der Waals surface area contributed by atoms with Gasteiger partial charge in [0.1, 0.15) is 5.84 Å². The molecule has 0 atom stereocenters. The van der Waals surface area contributed by atoms with Gasteiger partial charge in [-0.1, -0.05) is 6.08 Å². The minimum atomic E-state index is -1.18. The highest BCUT2D eigenvalue weighted by atomic mass is 19.2. The van der Waals surface area contributed by atoms with Gasteiger partial charge in [-0.05, 0) is 43.2 Å². The van der Waals surface area contributed by atoms with Crippen LogP contribution < -0.4 is 5.32 Å². The molecule has 3 rings (SSSR count). The predicted molar refractivity (Wildman–Crippen MR) is 87.6 cm³/mol. The first-order chi connectivity index (χ1) is 11.5. The van der Waals surface area contributed by atoms with E-state index in [2.05, 4.69) is 15.3 Å². The number of carbonyl (C=O) groups excluding carboxylic acids is 1. The molecule has 1 N–H and O–H groups in total. The fourth-order valence-corrected chi connectivity index (χ4v) is 2.50. The van der Waals surface area contributed by atoms with Crippen molar-refractivity contribution in [3.05, 3.63) is 65.1 Å². The maximum Gasteiger partial charge on any atom is 0.259 e. The summed E-state index contributed by atoms with van der Waals surface area (Å²) in [6.07, 6.45) is 5.46. The number of halogens is 2. The summed E-state index contributed by atoms with van der Waals surface area (Å²) in [5, 5.41) is 2.52. The zero-order chi connectivity index (χ0) is 17.3. The van der Waals surface area contributed by atoms with Gasteiger partial charge in [0.05, 0.1) is 5.56 Å². The van der Waals surface area contributed by atoms with Gasteiger partial charge in [-0.25, -0.2) is 13.8 Å². The zero-order valence-corrected chi connectivity index (χ0v) is 13.2. The molecule has 0 unspecified atom stereocenters. The molecule has 1 amide bonds. The van der Waals surface area contributed by atoms with E-state index in [0.29, 0.717) is 23.4 Å². The van der Waals surface area contributed by atoms with Gasteiger partial charge in [-0.3, -0.25) is 9.78 Å². The first-order valence-electron chi connectivity index (χ1n) is 7.41. The number of allylic oxidation sites excluding steroid dienone is 1.